The van der Waals surface area contributed by atoms with Crippen LogP contribution in [-0.2, 0) is 0 Å². The Balaban J connectivity index is 1.96. The molecule has 2 amide bonds. The first-order valence-electron chi connectivity index (χ1n) is 5.82. The monoisotopic (exact) mass is 297 g/mol. The van der Waals surface area contributed by atoms with Crippen molar-refractivity contribution in [3.05, 3.63) is 22.8 Å². The van der Waals surface area contributed by atoms with E-state index in [1.165, 1.54) is 6.42 Å². The van der Waals surface area contributed by atoms with Crippen molar-refractivity contribution in [2.45, 2.75) is 19.8 Å². The topological polar surface area (TPSA) is 45.2 Å². The molecule has 1 aromatic heterocycles. The Bertz CT molecular complexity index is 410. The van der Waals surface area contributed by atoms with Gasteiger partial charge in [0, 0.05) is 23.8 Å². The Morgan fingerprint density at radius 1 is 1.65 bits per heavy atom. The first kappa shape index (κ1) is 12.4. The number of pyridine rings is 1. The van der Waals surface area contributed by atoms with Crippen LogP contribution in [-0.4, -0.2) is 29.0 Å². The summed E-state index contributed by atoms with van der Waals surface area (Å²) in [5.74, 6) is 1.17. The van der Waals surface area contributed by atoms with Crippen molar-refractivity contribution in [2.75, 3.05) is 18.4 Å². The van der Waals surface area contributed by atoms with E-state index >= 15 is 0 Å². The molecule has 1 N–H and O–H groups in total. The number of urea groups is 1. The fourth-order valence-electron chi connectivity index (χ4n) is 2.04. The highest BCUT2D eigenvalue weighted by molar-refractivity contribution is 9.10. The maximum Gasteiger partial charge on any atom is 0.323 e. The zero-order chi connectivity index (χ0) is 12.3. The molecule has 5 heteroatoms. The van der Waals surface area contributed by atoms with Crippen molar-refractivity contribution < 1.29 is 4.79 Å². The number of likely N-dealkylation sites (tertiary alicyclic amines) is 1. The van der Waals surface area contributed by atoms with Crippen molar-refractivity contribution in [3.8, 4) is 0 Å². The highest BCUT2D eigenvalue weighted by atomic mass is 79.9. The molecule has 0 bridgehead atoms. The van der Waals surface area contributed by atoms with Gasteiger partial charge in [0.2, 0.25) is 0 Å². The van der Waals surface area contributed by atoms with Crippen LogP contribution in [0, 0.1) is 5.92 Å². The molecule has 1 aliphatic rings. The van der Waals surface area contributed by atoms with E-state index in [2.05, 4.69) is 33.2 Å². The van der Waals surface area contributed by atoms with Crippen LogP contribution in [0.1, 0.15) is 19.8 Å². The van der Waals surface area contributed by atoms with Gasteiger partial charge in [0.15, 0.2) is 0 Å². The molecule has 1 saturated heterocycles. The highest BCUT2D eigenvalue weighted by Crippen LogP contribution is 2.17. The van der Waals surface area contributed by atoms with Gasteiger partial charge >= 0.3 is 6.03 Å². The first-order valence-corrected chi connectivity index (χ1v) is 6.62. The van der Waals surface area contributed by atoms with Gasteiger partial charge in [-0.2, -0.15) is 0 Å². The third kappa shape index (κ3) is 3.43. The van der Waals surface area contributed by atoms with Crippen LogP contribution in [0.25, 0.3) is 0 Å². The summed E-state index contributed by atoms with van der Waals surface area (Å²) >= 11 is 3.35. The van der Waals surface area contributed by atoms with Crippen LogP contribution in [0.4, 0.5) is 10.6 Å². The van der Waals surface area contributed by atoms with E-state index in [1.807, 2.05) is 11.0 Å². The summed E-state index contributed by atoms with van der Waals surface area (Å²) in [6, 6.07) is 3.58. The number of hydrogen-bond acceptors (Lipinski definition) is 2. The van der Waals surface area contributed by atoms with E-state index in [1.54, 1.807) is 12.3 Å². The van der Waals surface area contributed by atoms with Gasteiger partial charge < -0.3 is 4.90 Å². The van der Waals surface area contributed by atoms with Gasteiger partial charge in [-0.05, 0) is 30.9 Å². The number of carbonyl (C=O) groups excluding carboxylic acids is 1. The smallest absolute Gasteiger partial charge is 0.323 e. The summed E-state index contributed by atoms with van der Waals surface area (Å²) in [7, 11) is 0. The number of anilines is 1. The van der Waals surface area contributed by atoms with Crippen molar-refractivity contribution in [1.82, 2.24) is 9.88 Å². The Hall–Kier alpha value is -1.10. The molecule has 1 fully saturated rings. The van der Waals surface area contributed by atoms with E-state index in [0.717, 1.165) is 24.0 Å². The summed E-state index contributed by atoms with van der Waals surface area (Å²) in [6.45, 7) is 3.85. The van der Waals surface area contributed by atoms with Gasteiger partial charge in [-0.3, -0.25) is 5.32 Å². The zero-order valence-corrected chi connectivity index (χ0v) is 11.4. The predicted octanol–water partition coefficient (Wildman–Crippen LogP) is 3.11. The molecule has 92 valence electrons. The summed E-state index contributed by atoms with van der Waals surface area (Å²) in [6.07, 6.45) is 3.96. The van der Waals surface area contributed by atoms with E-state index in [0.29, 0.717) is 11.7 Å². The lowest BCUT2D eigenvalue weighted by Gasteiger charge is -2.30. The van der Waals surface area contributed by atoms with Crippen LogP contribution in [0.5, 0.6) is 0 Å². The van der Waals surface area contributed by atoms with Crippen molar-refractivity contribution in [2.24, 2.45) is 5.92 Å². The number of rotatable bonds is 1. The zero-order valence-electron chi connectivity index (χ0n) is 9.82. The minimum absolute atomic E-state index is 0.0536. The summed E-state index contributed by atoms with van der Waals surface area (Å²) < 4.78 is 0.912. The lowest BCUT2D eigenvalue weighted by molar-refractivity contribution is 0.182. The molecule has 0 spiro atoms. The number of aromatic nitrogens is 1. The Kier molecular flexibility index (Phi) is 3.99. The molecular weight excluding hydrogens is 282 g/mol. The normalized spacial score (nSPS) is 20.1. The fraction of sp³-hybridized carbons (Fsp3) is 0.500. The van der Waals surface area contributed by atoms with Gasteiger partial charge in [0.05, 0.1) is 0 Å². The molecule has 0 saturated carbocycles. The number of hydrogen-bond donors (Lipinski definition) is 1. The van der Waals surface area contributed by atoms with Crippen molar-refractivity contribution >= 4 is 27.8 Å². The summed E-state index contributed by atoms with van der Waals surface area (Å²) in [5.41, 5.74) is 0. The fourth-order valence-corrected chi connectivity index (χ4v) is 2.37. The quantitative estimate of drug-likeness (QED) is 0.866. The molecule has 2 heterocycles. The third-order valence-corrected chi connectivity index (χ3v) is 3.39. The maximum absolute atomic E-state index is 12.0. The molecule has 2 rings (SSSR count). The average molecular weight is 298 g/mol. The minimum Gasteiger partial charge on any atom is -0.324 e. The van der Waals surface area contributed by atoms with Crippen molar-refractivity contribution in [3.63, 3.8) is 0 Å². The molecule has 17 heavy (non-hydrogen) atoms. The van der Waals surface area contributed by atoms with E-state index < -0.39 is 0 Å². The average Bonchev–Trinajstić information content (AvgIpc) is 2.29. The first-order chi connectivity index (χ1) is 8.15. The molecule has 1 unspecified atom stereocenters. The Morgan fingerprint density at radius 2 is 2.47 bits per heavy atom. The van der Waals surface area contributed by atoms with Gasteiger partial charge in [-0.1, -0.05) is 22.9 Å². The van der Waals surface area contributed by atoms with Crippen molar-refractivity contribution in [1.29, 1.82) is 0 Å². The number of nitrogens with one attached hydrogen (secondary N) is 1. The second-order valence-electron chi connectivity index (χ2n) is 4.48. The predicted molar refractivity (Wildman–Crippen MR) is 70.9 cm³/mol. The van der Waals surface area contributed by atoms with Crippen LogP contribution in [0.15, 0.2) is 22.8 Å². The van der Waals surface area contributed by atoms with E-state index in [9.17, 15) is 4.79 Å². The number of halogens is 1. The number of piperidine rings is 1. The number of amides is 2. The summed E-state index contributed by atoms with van der Waals surface area (Å²) in [4.78, 5) is 17.9. The van der Waals surface area contributed by atoms with Crippen LogP contribution in [0.2, 0.25) is 0 Å². The Labute approximate surface area is 110 Å². The van der Waals surface area contributed by atoms with Gasteiger partial charge in [0.25, 0.3) is 0 Å². The SMILES string of the molecule is CC1CCCN(C(=O)Nc2cc(Br)ccn2)C1. The summed E-state index contributed by atoms with van der Waals surface area (Å²) in [5, 5.41) is 2.82. The second kappa shape index (κ2) is 5.49. The van der Waals surface area contributed by atoms with Crippen LogP contribution >= 0.6 is 15.9 Å². The number of carbonyl (C=O) groups is 1. The van der Waals surface area contributed by atoms with E-state index in [-0.39, 0.29) is 6.03 Å². The second-order valence-corrected chi connectivity index (χ2v) is 5.40. The maximum atomic E-state index is 12.0. The Morgan fingerprint density at radius 3 is 3.18 bits per heavy atom. The van der Waals surface area contributed by atoms with Gasteiger partial charge in [0.1, 0.15) is 5.82 Å². The lowest BCUT2D eigenvalue weighted by Crippen LogP contribution is -2.41. The molecule has 1 atom stereocenters. The molecule has 4 nitrogen and oxygen atoms in total. The lowest BCUT2D eigenvalue weighted by atomic mass is 10.0. The largest absolute Gasteiger partial charge is 0.324 e. The van der Waals surface area contributed by atoms with E-state index in [4.69, 9.17) is 0 Å². The highest BCUT2D eigenvalue weighted by Gasteiger charge is 2.20. The van der Waals surface area contributed by atoms with Gasteiger partial charge in [-0.15, -0.1) is 0 Å². The molecule has 0 aliphatic carbocycles. The molecular formula is C12H16BrN3O. The molecule has 0 aromatic carbocycles. The minimum atomic E-state index is -0.0536. The molecule has 1 aliphatic heterocycles. The van der Waals surface area contributed by atoms with Crippen LogP contribution in [0.3, 0.4) is 0 Å². The molecule has 0 radical (unpaired) electrons. The number of nitrogens with zero attached hydrogens (tertiary/aromatic N) is 2. The van der Waals surface area contributed by atoms with Gasteiger partial charge in [-0.25, -0.2) is 9.78 Å². The van der Waals surface area contributed by atoms with Crippen LogP contribution < -0.4 is 5.32 Å². The standard InChI is InChI=1S/C12H16BrN3O/c1-9-3-2-6-16(8-9)12(17)15-11-7-10(13)4-5-14-11/h4-5,7,9H,2-3,6,8H2,1H3,(H,14,15,17). The molecule has 1 aromatic rings. The third-order valence-electron chi connectivity index (χ3n) is 2.90.